The number of carbonyl (C=O) groups excluding carboxylic acids is 1. The highest BCUT2D eigenvalue weighted by Gasteiger charge is 2.15. The molecule has 34 heavy (non-hydrogen) atoms. The maximum absolute atomic E-state index is 13.2. The summed E-state index contributed by atoms with van der Waals surface area (Å²) in [6, 6.07) is 20.1. The molecule has 0 saturated heterocycles. The molecule has 0 unspecified atom stereocenters. The van der Waals surface area contributed by atoms with Crippen molar-refractivity contribution in [2.24, 2.45) is 0 Å². The molecule has 2 aromatic heterocycles. The van der Waals surface area contributed by atoms with Gasteiger partial charge in [0, 0.05) is 18.5 Å². The van der Waals surface area contributed by atoms with Crippen LogP contribution in [-0.2, 0) is 17.6 Å². The molecule has 1 amide bonds. The fraction of sp³-hybridized carbons (Fsp3) is 0.185. The van der Waals surface area contributed by atoms with Crippen molar-refractivity contribution < 1.29 is 4.79 Å². The molecule has 6 nitrogen and oxygen atoms in total. The van der Waals surface area contributed by atoms with E-state index in [0.29, 0.717) is 21.7 Å². The van der Waals surface area contributed by atoms with Crippen molar-refractivity contribution in [2.45, 2.75) is 33.1 Å². The van der Waals surface area contributed by atoms with Crippen LogP contribution >= 0.6 is 11.3 Å². The number of para-hydroxylation sites is 1. The molecule has 5 rings (SSSR count). The van der Waals surface area contributed by atoms with Gasteiger partial charge in [-0.1, -0.05) is 78.9 Å². The van der Waals surface area contributed by atoms with E-state index in [0.717, 1.165) is 39.6 Å². The molecule has 7 heteroatoms. The van der Waals surface area contributed by atoms with E-state index in [9.17, 15) is 9.59 Å². The van der Waals surface area contributed by atoms with E-state index in [1.165, 1.54) is 15.7 Å². The smallest absolute Gasteiger partial charge is 0.275 e. The zero-order valence-corrected chi connectivity index (χ0v) is 19.9. The van der Waals surface area contributed by atoms with E-state index in [2.05, 4.69) is 34.6 Å². The van der Waals surface area contributed by atoms with Gasteiger partial charge < -0.3 is 5.32 Å². The Labute approximate surface area is 200 Å². The molecule has 0 spiro atoms. The highest BCUT2D eigenvalue weighted by atomic mass is 32.1. The van der Waals surface area contributed by atoms with Crippen LogP contribution in [0.25, 0.3) is 21.8 Å². The van der Waals surface area contributed by atoms with Crippen LogP contribution in [0.4, 0.5) is 5.69 Å². The average molecular weight is 469 g/mol. The number of carbonyl (C=O) groups is 1. The Hall–Kier alpha value is -3.84. The second kappa shape index (κ2) is 9.19. The number of thiazole rings is 1. The Bertz CT molecular complexity index is 1630. The fourth-order valence-corrected chi connectivity index (χ4v) is 5.14. The number of benzene rings is 3. The van der Waals surface area contributed by atoms with Gasteiger partial charge in [0.1, 0.15) is 5.82 Å². The molecule has 170 valence electrons. The van der Waals surface area contributed by atoms with Crippen LogP contribution in [0.2, 0.25) is 0 Å². The van der Waals surface area contributed by atoms with Crippen LogP contribution in [0.3, 0.4) is 0 Å². The number of hydrogen-bond acceptors (Lipinski definition) is 5. The van der Waals surface area contributed by atoms with Gasteiger partial charge in [0.2, 0.25) is 10.9 Å². The number of hydrogen-bond donors (Lipinski definition) is 1. The van der Waals surface area contributed by atoms with Gasteiger partial charge in [-0.2, -0.15) is 0 Å². The number of aromatic nitrogens is 3. The van der Waals surface area contributed by atoms with Crippen molar-refractivity contribution in [1.82, 2.24) is 14.6 Å². The van der Waals surface area contributed by atoms with Crippen LogP contribution in [0.5, 0.6) is 0 Å². The predicted octanol–water partition coefficient (Wildman–Crippen LogP) is 4.29. The summed E-state index contributed by atoms with van der Waals surface area (Å²) in [5.41, 5.74) is 3.84. The zero-order chi connectivity index (χ0) is 23.7. The molecule has 0 aliphatic carbocycles. The van der Waals surface area contributed by atoms with Crippen molar-refractivity contribution in [1.29, 1.82) is 0 Å². The van der Waals surface area contributed by atoms with Crippen LogP contribution in [-0.4, -0.2) is 20.5 Å². The maximum atomic E-state index is 13.2. The van der Waals surface area contributed by atoms with E-state index in [1.54, 1.807) is 0 Å². The number of anilines is 1. The summed E-state index contributed by atoms with van der Waals surface area (Å²) in [5.74, 6) is 0.399. The molecular formula is C27H24N4O2S. The molecular weight excluding hydrogens is 444 g/mol. The van der Waals surface area contributed by atoms with Gasteiger partial charge in [0.15, 0.2) is 0 Å². The Kier molecular flexibility index (Phi) is 5.94. The van der Waals surface area contributed by atoms with Crippen LogP contribution in [0.15, 0.2) is 65.5 Å². The summed E-state index contributed by atoms with van der Waals surface area (Å²) in [5, 5.41) is 13.6. The van der Waals surface area contributed by atoms with Gasteiger partial charge in [0.25, 0.3) is 5.56 Å². The predicted molar refractivity (Wildman–Crippen MR) is 137 cm³/mol. The van der Waals surface area contributed by atoms with E-state index in [1.807, 2.05) is 61.5 Å². The van der Waals surface area contributed by atoms with E-state index < -0.39 is 0 Å². The third-order valence-corrected chi connectivity index (χ3v) is 6.96. The van der Waals surface area contributed by atoms with Crippen molar-refractivity contribution in [3.8, 4) is 0 Å². The highest BCUT2D eigenvalue weighted by Crippen LogP contribution is 2.22. The summed E-state index contributed by atoms with van der Waals surface area (Å²) in [6.45, 7) is 4.05. The summed E-state index contributed by atoms with van der Waals surface area (Å²) in [7, 11) is 0. The number of nitrogens with one attached hydrogen (secondary N) is 1. The molecule has 0 aliphatic heterocycles. The normalized spacial score (nSPS) is 12.0. The lowest BCUT2D eigenvalue weighted by Crippen LogP contribution is -2.25. The highest BCUT2D eigenvalue weighted by molar-refractivity contribution is 7.15. The van der Waals surface area contributed by atoms with Crippen molar-refractivity contribution in [3.05, 3.63) is 98.1 Å². The number of amides is 1. The third kappa shape index (κ3) is 4.10. The zero-order valence-electron chi connectivity index (χ0n) is 19.0. The Morgan fingerprint density at radius 3 is 2.71 bits per heavy atom. The molecule has 0 bridgehead atoms. The van der Waals surface area contributed by atoms with Gasteiger partial charge in [0.05, 0.1) is 4.53 Å². The molecule has 0 atom stereocenters. The standard InChI is InChI=1S/C27H24N4O2S/c1-3-18-10-6-8-17(2)25(18)28-24(32)15-14-23-29-30-27-31(23)26(33)22(34-27)16-20-12-7-11-19-9-4-5-13-21(19)20/h4-13,16H,3,14-15H2,1-2H3,(H,28,32)/b22-16+. The van der Waals surface area contributed by atoms with E-state index >= 15 is 0 Å². The summed E-state index contributed by atoms with van der Waals surface area (Å²) >= 11 is 1.31. The first-order valence-electron chi connectivity index (χ1n) is 11.3. The molecule has 3 aromatic carbocycles. The van der Waals surface area contributed by atoms with Gasteiger partial charge in [-0.15, -0.1) is 10.2 Å². The molecule has 2 heterocycles. The summed E-state index contributed by atoms with van der Waals surface area (Å²) in [4.78, 5) is 26.4. The van der Waals surface area contributed by atoms with Crippen LogP contribution in [0, 0.1) is 6.92 Å². The number of aryl methyl sites for hydroxylation is 3. The monoisotopic (exact) mass is 468 g/mol. The SMILES string of the molecule is CCc1cccc(C)c1NC(=O)CCc1nnc2s/c(=C/c3cccc4ccccc34)c(=O)n12. The molecule has 0 fully saturated rings. The Morgan fingerprint density at radius 2 is 1.85 bits per heavy atom. The first-order chi connectivity index (χ1) is 16.5. The molecule has 1 N–H and O–H groups in total. The topological polar surface area (TPSA) is 76.4 Å². The van der Waals surface area contributed by atoms with E-state index in [4.69, 9.17) is 0 Å². The average Bonchev–Trinajstić information content (AvgIpc) is 3.39. The minimum absolute atomic E-state index is 0.106. The fourth-order valence-electron chi connectivity index (χ4n) is 4.22. The summed E-state index contributed by atoms with van der Waals surface area (Å²) < 4.78 is 2.12. The van der Waals surface area contributed by atoms with Gasteiger partial charge in [-0.05, 0) is 46.9 Å². The van der Waals surface area contributed by atoms with E-state index in [-0.39, 0.29) is 17.9 Å². The Balaban J connectivity index is 1.41. The Morgan fingerprint density at radius 1 is 1.06 bits per heavy atom. The minimum atomic E-state index is -0.152. The molecule has 0 radical (unpaired) electrons. The number of nitrogens with zero attached hydrogens (tertiary/aromatic N) is 3. The van der Waals surface area contributed by atoms with Crippen LogP contribution in [0.1, 0.15) is 35.9 Å². The lowest BCUT2D eigenvalue weighted by atomic mass is 10.0. The van der Waals surface area contributed by atoms with Crippen molar-refractivity contribution in [2.75, 3.05) is 5.32 Å². The quantitative estimate of drug-likeness (QED) is 0.403. The van der Waals surface area contributed by atoms with Gasteiger partial charge in [-0.25, -0.2) is 4.40 Å². The third-order valence-electron chi connectivity index (χ3n) is 6.01. The second-order valence-electron chi connectivity index (χ2n) is 8.23. The maximum Gasteiger partial charge on any atom is 0.275 e. The largest absolute Gasteiger partial charge is 0.326 e. The first-order valence-corrected chi connectivity index (χ1v) is 12.1. The number of fused-ring (bicyclic) bond motifs is 2. The molecule has 0 aliphatic rings. The second-order valence-corrected chi connectivity index (χ2v) is 9.24. The van der Waals surface area contributed by atoms with Gasteiger partial charge in [-0.3, -0.25) is 9.59 Å². The lowest BCUT2D eigenvalue weighted by Gasteiger charge is -2.12. The van der Waals surface area contributed by atoms with Crippen molar-refractivity contribution >= 4 is 44.7 Å². The van der Waals surface area contributed by atoms with Gasteiger partial charge >= 0.3 is 0 Å². The van der Waals surface area contributed by atoms with Crippen LogP contribution < -0.4 is 15.4 Å². The number of rotatable bonds is 6. The van der Waals surface area contributed by atoms with Crippen molar-refractivity contribution in [3.63, 3.8) is 0 Å². The molecule has 0 saturated carbocycles. The molecule has 5 aromatic rings. The first kappa shape index (κ1) is 22.0. The minimum Gasteiger partial charge on any atom is -0.326 e. The summed E-state index contributed by atoms with van der Waals surface area (Å²) in [6.07, 6.45) is 3.30. The lowest BCUT2D eigenvalue weighted by molar-refractivity contribution is -0.116.